The summed E-state index contributed by atoms with van der Waals surface area (Å²) >= 11 is 12.1. The van der Waals surface area contributed by atoms with E-state index in [2.05, 4.69) is 24.8 Å². The third-order valence-corrected chi connectivity index (χ3v) is 3.01. The number of hydrogen-bond donors (Lipinski definition) is 0. The van der Waals surface area contributed by atoms with Gasteiger partial charge in [-0.05, 0) is 16.7 Å². The maximum atomic E-state index is 11.3. The number of azide groups is 1. The fourth-order valence-electron chi connectivity index (χ4n) is 1.46. The molecule has 8 nitrogen and oxygen atoms in total. The molecule has 0 unspecified atom stereocenters. The molecule has 2 aromatic rings. The van der Waals surface area contributed by atoms with Gasteiger partial charge in [0.1, 0.15) is 11.4 Å². The van der Waals surface area contributed by atoms with Gasteiger partial charge in [-0.3, -0.25) is 14.5 Å². The molecule has 0 aliphatic rings. The maximum Gasteiger partial charge on any atom is 0.345 e. The molecule has 0 aliphatic heterocycles. The first-order valence-corrected chi connectivity index (χ1v) is 6.81. The Morgan fingerprint density at radius 3 is 2.50 bits per heavy atom. The van der Waals surface area contributed by atoms with E-state index in [0.717, 1.165) is 7.11 Å². The van der Waals surface area contributed by atoms with Crippen molar-refractivity contribution in [3.05, 3.63) is 44.6 Å². The van der Waals surface area contributed by atoms with Crippen LogP contribution in [0.3, 0.4) is 0 Å². The predicted octanol–water partition coefficient (Wildman–Crippen LogP) is 4.09. The SMILES string of the molecule is COC(F)F.Cn1cc(Cl)c(-c2cnc(C(=O)N=[N+]=[N-])cc2Cl)n1. The van der Waals surface area contributed by atoms with Gasteiger partial charge in [-0.25, -0.2) is 0 Å². The average molecular weight is 379 g/mol. The van der Waals surface area contributed by atoms with Gasteiger partial charge < -0.3 is 4.74 Å². The number of rotatable bonds is 3. The summed E-state index contributed by atoms with van der Waals surface area (Å²) in [6.07, 6.45) is 2.98. The van der Waals surface area contributed by atoms with Gasteiger partial charge in [0.15, 0.2) is 0 Å². The Morgan fingerprint density at radius 1 is 1.46 bits per heavy atom. The smallest absolute Gasteiger partial charge is 0.326 e. The Balaban J connectivity index is 0.000000505. The molecule has 0 aliphatic carbocycles. The van der Waals surface area contributed by atoms with E-state index < -0.39 is 12.5 Å². The van der Waals surface area contributed by atoms with Crippen molar-refractivity contribution in [3.8, 4) is 11.3 Å². The topological polar surface area (TPSA) is 106 Å². The summed E-state index contributed by atoms with van der Waals surface area (Å²) in [5, 5.41) is 7.74. The second kappa shape index (κ2) is 9.14. The molecule has 0 aromatic carbocycles. The van der Waals surface area contributed by atoms with Gasteiger partial charge >= 0.3 is 6.61 Å². The number of ether oxygens (including phenoxy) is 1. The van der Waals surface area contributed by atoms with Crippen LogP contribution in [0.15, 0.2) is 23.6 Å². The molecular weight excluding hydrogens is 369 g/mol. The zero-order chi connectivity index (χ0) is 18.3. The molecule has 0 saturated heterocycles. The highest BCUT2D eigenvalue weighted by molar-refractivity contribution is 6.36. The summed E-state index contributed by atoms with van der Waals surface area (Å²) in [5.41, 5.74) is 9.10. The maximum absolute atomic E-state index is 11.3. The van der Waals surface area contributed by atoms with E-state index in [1.165, 1.54) is 16.9 Å². The minimum atomic E-state index is -2.62. The molecule has 2 heterocycles. The van der Waals surface area contributed by atoms with Gasteiger partial charge in [-0.1, -0.05) is 23.2 Å². The van der Waals surface area contributed by atoms with Crippen molar-refractivity contribution in [1.82, 2.24) is 14.8 Å². The Hall–Kier alpha value is -2.26. The molecule has 0 bridgehead atoms. The van der Waals surface area contributed by atoms with Crippen LogP contribution in [0.25, 0.3) is 21.7 Å². The summed E-state index contributed by atoms with van der Waals surface area (Å²) in [7, 11) is 2.67. The van der Waals surface area contributed by atoms with E-state index in [0.29, 0.717) is 16.3 Å². The van der Waals surface area contributed by atoms with Crippen molar-refractivity contribution in [2.45, 2.75) is 6.61 Å². The number of amides is 1. The lowest BCUT2D eigenvalue weighted by Gasteiger charge is -2.02. The second-order valence-corrected chi connectivity index (χ2v) is 4.85. The monoisotopic (exact) mass is 378 g/mol. The van der Waals surface area contributed by atoms with Crippen molar-refractivity contribution in [2.75, 3.05) is 7.11 Å². The molecule has 1 amide bonds. The van der Waals surface area contributed by atoms with Crippen LogP contribution in [0.4, 0.5) is 8.78 Å². The lowest BCUT2D eigenvalue weighted by atomic mass is 10.2. The Labute approximate surface area is 144 Å². The summed E-state index contributed by atoms with van der Waals surface area (Å²) in [6.45, 7) is -2.62. The molecule has 128 valence electrons. The highest BCUT2D eigenvalue weighted by Crippen LogP contribution is 2.31. The van der Waals surface area contributed by atoms with Crippen molar-refractivity contribution in [2.24, 2.45) is 12.2 Å². The molecule has 0 saturated carbocycles. The van der Waals surface area contributed by atoms with Gasteiger partial charge in [-0.15, -0.1) is 0 Å². The molecule has 0 radical (unpaired) electrons. The minimum Gasteiger partial charge on any atom is -0.326 e. The summed E-state index contributed by atoms with van der Waals surface area (Å²) in [6, 6.07) is 1.30. The lowest BCUT2D eigenvalue weighted by Crippen LogP contribution is -1.98. The molecule has 0 atom stereocenters. The number of carbonyl (C=O) groups is 1. The van der Waals surface area contributed by atoms with Crippen LogP contribution in [-0.2, 0) is 11.8 Å². The van der Waals surface area contributed by atoms with Crippen LogP contribution >= 0.6 is 23.2 Å². The Morgan fingerprint density at radius 2 is 2.08 bits per heavy atom. The number of alkyl halides is 2. The summed E-state index contributed by atoms with van der Waals surface area (Å²) in [5.74, 6) is -0.803. The fraction of sp³-hybridized carbons (Fsp3) is 0.250. The Kier molecular flexibility index (Phi) is 7.53. The van der Waals surface area contributed by atoms with Crippen LogP contribution in [0.5, 0.6) is 0 Å². The molecular formula is C12H10Cl2F2N6O2. The van der Waals surface area contributed by atoms with E-state index in [1.807, 2.05) is 0 Å². The van der Waals surface area contributed by atoms with Gasteiger partial charge in [0.2, 0.25) is 0 Å². The standard InChI is InChI=1S/C10H6Cl2N6O.C2H4F2O/c1-18-4-7(12)9(16-18)5-3-14-8(2-6(5)11)10(19)15-17-13;1-5-2(3)4/h2-4H,1H3;2H,1H3. The van der Waals surface area contributed by atoms with E-state index in [9.17, 15) is 13.6 Å². The number of aromatic nitrogens is 3. The van der Waals surface area contributed by atoms with Crippen molar-refractivity contribution in [3.63, 3.8) is 0 Å². The minimum absolute atomic E-state index is 0.0430. The van der Waals surface area contributed by atoms with Crippen molar-refractivity contribution >= 4 is 29.1 Å². The molecule has 0 fully saturated rings. The second-order valence-electron chi connectivity index (χ2n) is 4.04. The number of halogens is 4. The average Bonchev–Trinajstić information content (AvgIpc) is 2.86. The van der Waals surface area contributed by atoms with Crippen molar-refractivity contribution in [1.29, 1.82) is 0 Å². The molecule has 12 heteroatoms. The zero-order valence-corrected chi connectivity index (χ0v) is 13.8. The largest absolute Gasteiger partial charge is 0.345 e. The van der Waals surface area contributed by atoms with Crippen LogP contribution in [0.1, 0.15) is 10.5 Å². The first kappa shape index (κ1) is 19.8. The third kappa shape index (κ3) is 5.43. The molecule has 2 aromatic heterocycles. The fourth-order valence-corrected chi connectivity index (χ4v) is 1.98. The quantitative estimate of drug-likeness (QED) is 0.455. The number of pyridine rings is 1. The summed E-state index contributed by atoms with van der Waals surface area (Å²) in [4.78, 5) is 17.6. The predicted molar refractivity (Wildman–Crippen MR) is 82.9 cm³/mol. The van der Waals surface area contributed by atoms with Crippen LogP contribution in [0.2, 0.25) is 10.0 Å². The number of carbonyl (C=O) groups excluding carboxylic acids is 1. The zero-order valence-electron chi connectivity index (χ0n) is 12.3. The lowest BCUT2D eigenvalue weighted by molar-refractivity contribution is -0.105. The highest BCUT2D eigenvalue weighted by Gasteiger charge is 2.15. The van der Waals surface area contributed by atoms with Crippen LogP contribution in [0, 0.1) is 0 Å². The van der Waals surface area contributed by atoms with Gasteiger partial charge in [0.05, 0.1) is 10.0 Å². The van der Waals surface area contributed by atoms with E-state index in [-0.39, 0.29) is 10.7 Å². The van der Waals surface area contributed by atoms with E-state index >= 15 is 0 Å². The number of hydrogen-bond acceptors (Lipinski definition) is 4. The van der Waals surface area contributed by atoms with Gasteiger partial charge in [0.25, 0.3) is 5.91 Å². The number of methoxy groups -OCH3 is 1. The highest BCUT2D eigenvalue weighted by atomic mass is 35.5. The van der Waals surface area contributed by atoms with Crippen LogP contribution in [-0.4, -0.2) is 34.4 Å². The molecule has 2 rings (SSSR count). The Bertz CT molecular complexity index is 777. The van der Waals surface area contributed by atoms with Crippen molar-refractivity contribution < 1.29 is 18.3 Å². The van der Waals surface area contributed by atoms with E-state index in [4.69, 9.17) is 28.7 Å². The summed E-state index contributed by atoms with van der Waals surface area (Å²) < 4.78 is 26.0. The normalized spacial score (nSPS) is 9.96. The third-order valence-electron chi connectivity index (χ3n) is 2.43. The first-order valence-electron chi connectivity index (χ1n) is 6.05. The molecule has 0 N–H and O–H groups in total. The first-order chi connectivity index (χ1) is 11.3. The number of aryl methyl sites for hydroxylation is 1. The number of nitrogens with zero attached hydrogens (tertiary/aromatic N) is 6. The van der Waals surface area contributed by atoms with E-state index in [1.54, 1.807) is 13.2 Å². The molecule has 24 heavy (non-hydrogen) atoms. The van der Waals surface area contributed by atoms with Gasteiger partial charge in [0, 0.05) is 37.0 Å². The van der Waals surface area contributed by atoms with Crippen LogP contribution < -0.4 is 0 Å². The molecule has 0 spiro atoms. The van der Waals surface area contributed by atoms with Gasteiger partial charge in [-0.2, -0.15) is 13.9 Å².